The molecule has 34 heavy (non-hydrogen) atoms. The van der Waals surface area contributed by atoms with Crippen molar-refractivity contribution < 1.29 is 14.2 Å². The standard InChI is InChI=1S/C28H27BFN2O2/c1-27(2,33)28(3,4)34-29-21-15-16-23(30)22(17-21)26-31-24(19-11-7-5-8-12-19)18-25(32-26)20-13-9-6-10-14-20/h5-18,33H,1-4H3. The summed E-state index contributed by atoms with van der Waals surface area (Å²) in [6.45, 7) is 6.97. The van der Waals surface area contributed by atoms with E-state index in [0.29, 0.717) is 16.9 Å². The van der Waals surface area contributed by atoms with Crippen molar-refractivity contribution in [2.24, 2.45) is 0 Å². The Morgan fingerprint density at radius 1 is 0.765 bits per heavy atom. The SMILES string of the molecule is CC(C)(O)C(C)(C)O[B]c1ccc(F)c(-c2nc(-c3ccccc3)cc(-c3ccccc3)n2)c1. The zero-order valence-electron chi connectivity index (χ0n) is 19.8. The lowest BCUT2D eigenvalue weighted by Crippen LogP contribution is -2.49. The van der Waals surface area contributed by atoms with Crippen molar-refractivity contribution in [3.8, 4) is 33.9 Å². The Kier molecular flexibility index (Phi) is 6.64. The Morgan fingerprint density at radius 3 is 1.79 bits per heavy atom. The predicted octanol–water partition coefficient (Wildman–Crippen LogP) is 5.43. The average molecular weight is 453 g/mol. The topological polar surface area (TPSA) is 55.2 Å². The van der Waals surface area contributed by atoms with Gasteiger partial charge in [-0.2, -0.15) is 0 Å². The summed E-state index contributed by atoms with van der Waals surface area (Å²) in [7, 11) is 1.53. The van der Waals surface area contributed by atoms with Gasteiger partial charge >= 0.3 is 7.48 Å². The van der Waals surface area contributed by atoms with Gasteiger partial charge in [0, 0.05) is 11.1 Å². The van der Waals surface area contributed by atoms with Crippen LogP contribution < -0.4 is 5.46 Å². The molecule has 3 aromatic carbocycles. The van der Waals surface area contributed by atoms with Crippen LogP contribution in [0.5, 0.6) is 0 Å². The monoisotopic (exact) mass is 453 g/mol. The molecule has 0 aliphatic carbocycles. The second kappa shape index (κ2) is 9.49. The van der Waals surface area contributed by atoms with Gasteiger partial charge in [0.2, 0.25) is 0 Å². The fraction of sp³-hybridized carbons (Fsp3) is 0.214. The van der Waals surface area contributed by atoms with Crippen molar-refractivity contribution in [2.75, 3.05) is 0 Å². The molecule has 0 aliphatic heterocycles. The number of nitrogens with zero attached hydrogens (tertiary/aromatic N) is 2. The van der Waals surface area contributed by atoms with E-state index >= 15 is 4.39 Å². The first-order valence-corrected chi connectivity index (χ1v) is 11.2. The van der Waals surface area contributed by atoms with Crippen LogP contribution in [0.1, 0.15) is 27.7 Å². The molecule has 0 saturated carbocycles. The van der Waals surface area contributed by atoms with Gasteiger partial charge in [0.1, 0.15) is 5.82 Å². The number of aromatic nitrogens is 2. The molecule has 4 nitrogen and oxygen atoms in total. The van der Waals surface area contributed by atoms with Crippen LogP contribution in [0, 0.1) is 5.82 Å². The molecule has 1 radical (unpaired) electrons. The fourth-order valence-corrected chi connectivity index (χ4v) is 3.23. The van der Waals surface area contributed by atoms with Crippen LogP contribution in [-0.2, 0) is 4.65 Å². The van der Waals surface area contributed by atoms with Crippen molar-refractivity contribution in [2.45, 2.75) is 38.9 Å². The number of halogens is 1. The molecule has 0 amide bonds. The summed E-state index contributed by atoms with van der Waals surface area (Å²) in [5, 5.41) is 10.4. The normalized spacial score (nSPS) is 11.9. The molecule has 0 atom stereocenters. The van der Waals surface area contributed by atoms with Crippen LogP contribution in [0.15, 0.2) is 84.9 Å². The summed E-state index contributed by atoms with van der Waals surface area (Å²) in [6.07, 6.45) is 0. The van der Waals surface area contributed by atoms with Gasteiger partial charge in [-0.15, -0.1) is 0 Å². The zero-order valence-corrected chi connectivity index (χ0v) is 19.8. The van der Waals surface area contributed by atoms with Gasteiger partial charge in [-0.3, -0.25) is 0 Å². The van der Waals surface area contributed by atoms with Crippen LogP contribution in [0.4, 0.5) is 4.39 Å². The van der Waals surface area contributed by atoms with E-state index in [1.165, 1.54) is 13.5 Å². The second-order valence-electron chi connectivity index (χ2n) is 9.24. The van der Waals surface area contributed by atoms with Gasteiger partial charge in [0.05, 0.1) is 28.2 Å². The number of hydrogen-bond acceptors (Lipinski definition) is 4. The van der Waals surface area contributed by atoms with Crippen LogP contribution in [-0.4, -0.2) is 33.8 Å². The second-order valence-corrected chi connectivity index (χ2v) is 9.24. The molecular formula is C28H27BFN2O2. The molecule has 4 rings (SSSR count). The smallest absolute Gasteiger partial charge is 0.330 e. The van der Waals surface area contributed by atoms with E-state index in [-0.39, 0.29) is 11.4 Å². The third-order valence-electron chi connectivity index (χ3n) is 6.06. The molecule has 0 bridgehead atoms. The molecule has 0 unspecified atom stereocenters. The lowest BCUT2D eigenvalue weighted by molar-refractivity contribution is -0.0893. The van der Waals surface area contributed by atoms with Crippen LogP contribution in [0.2, 0.25) is 0 Å². The molecule has 1 N–H and O–H groups in total. The largest absolute Gasteiger partial charge is 0.427 e. The third-order valence-corrected chi connectivity index (χ3v) is 6.06. The minimum absolute atomic E-state index is 0.272. The van der Waals surface area contributed by atoms with Gasteiger partial charge in [0.15, 0.2) is 5.82 Å². The van der Waals surface area contributed by atoms with E-state index in [9.17, 15) is 5.11 Å². The quantitative estimate of drug-likeness (QED) is 0.380. The summed E-state index contributed by atoms with van der Waals surface area (Å²) < 4.78 is 20.9. The molecule has 0 saturated heterocycles. The van der Waals surface area contributed by atoms with Gasteiger partial charge in [0.25, 0.3) is 0 Å². The fourth-order valence-electron chi connectivity index (χ4n) is 3.23. The third kappa shape index (κ3) is 5.24. The Morgan fingerprint density at radius 2 is 1.29 bits per heavy atom. The summed E-state index contributed by atoms with van der Waals surface area (Å²) in [6, 6.07) is 26.1. The van der Waals surface area contributed by atoms with Gasteiger partial charge in [-0.25, -0.2) is 14.4 Å². The van der Waals surface area contributed by atoms with Crippen LogP contribution in [0.25, 0.3) is 33.9 Å². The van der Waals surface area contributed by atoms with Gasteiger partial charge in [-0.1, -0.05) is 78.3 Å². The number of rotatable bonds is 7. The Bertz CT molecular complexity index is 1220. The Balaban J connectivity index is 1.77. The maximum Gasteiger partial charge on any atom is 0.330 e. The number of aliphatic hydroxyl groups is 1. The van der Waals surface area contributed by atoms with Crippen molar-refractivity contribution in [3.63, 3.8) is 0 Å². The maximum atomic E-state index is 15.0. The minimum Gasteiger partial charge on any atom is -0.427 e. The van der Waals surface area contributed by atoms with E-state index in [0.717, 1.165) is 11.1 Å². The van der Waals surface area contributed by atoms with E-state index in [1.807, 2.05) is 66.7 Å². The van der Waals surface area contributed by atoms with Crippen molar-refractivity contribution >= 4 is 12.9 Å². The van der Waals surface area contributed by atoms with Crippen LogP contribution in [0.3, 0.4) is 0 Å². The van der Waals surface area contributed by atoms with Crippen molar-refractivity contribution in [1.82, 2.24) is 9.97 Å². The number of hydrogen-bond donors (Lipinski definition) is 1. The summed E-state index contributed by atoms with van der Waals surface area (Å²) in [4.78, 5) is 9.41. The highest BCUT2D eigenvalue weighted by atomic mass is 19.1. The summed E-state index contributed by atoms with van der Waals surface area (Å²) in [5.41, 5.74) is 2.26. The van der Waals surface area contributed by atoms with Crippen molar-refractivity contribution in [1.29, 1.82) is 0 Å². The first-order chi connectivity index (χ1) is 16.1. The average Bonchev–Trinajstić information content (AvgIpc) is 2.83. The zero-order chi connectivity index (χ0) is 24.3. The number of benzene rings is 3. The summed E-state index contributed by atoms with van der Waals surface area (Å²) >= 11 is 0. The highest BCUT2D eigenvalue weighted by Crippen LogP contribution is 2.28. The van der Waals surface area contributed by atoms with E-state index in [4.69, 9.17) is 14.6 Å². The first-order valence-electron chi connectivity index (χ1n) is 11.2. The predicted molar refractivity (Wildman–Crippen MR) is 135 cm³/mol. The van der Waals surface area contributed by atoms with Gasteiger partial charge < -0.3 is 9.76 Å². The highest BCUT2D eigenvalue weighted by molar-refractivity contribution is 6.47. The molecule has 1 aromatic heterocycles. The molecule has 0 aliphatic rings. The highest BCUT2D eigenvalue weighted by Gasteiger charge is 2.35. The summed E-state index contributed by atoms with van der Waals surface area (Å²) in [5.74, 6) is -0.141. The van der Waals surface area contributed by atoms with E-state index in [1.54, 1.807) is 39.8 Å². The molecule has 171 valence electrons. The lowest BCUT2D eigenvalue weighted by Gasteiger charge is -2.37. The molecule has 4 aromatic rings. The van der Waals surface area contributed by atoms with E-state index in [2.05, 4.69) is 0 Å². The maximum absolute atomic E-state index is 15.0. The first kappa shape index (κ1) is 23.8. The van der Waals surface area contributed by atoms with Crippen LogP contribution >= 0.6 is 0 Å². The molecular weight excluding hydrogens is 426 g/mol. The van der Waals surface area contributed by atoms with E-state index < -0.39 is 17.0 Å². The Hall–Kier alpha value is -3.35. The minimum atomic E-state index is -1.07. The van der Waals surface area contributed by atoms with Crippen molar-refractivity contribution in [3.05, 3.63) is 90.7 Å². The molecule has 0 fully saturated rings. The molecule has 1 heterocycles. The lowest BCUT2D eigenvalue weighted by atomic mass is 9.82. The Labute approximate surface area is 200 Å². The molecule has 6 heteroatoms. The molecule has 0 spiro atoms. The van der Waals surface area contributed by atoms with Gasteiger partial charge in [-0.05, 0) is 39.8 Å².